The highest BCUT2D eigenvalue weighted by Crippen LogP contribution is 2.47. The molecule has 1 aromatic heterocycles. The number of aryl methyl sites for hydroxylation is 2. The van der Waals surface area contributed by atoms with E-state index in [-0.39, 0.29) is 42.1 Å². The topological polar surface area (TPSA) is 115 Å². The zero-order valence-electron chi connectivity index (χ0n) is 25.6. The van der Waals surface area contributed by atoms with E-state index in [1.54, 1.807) is 42.0 Å². The number of aliphatic hydroxyl groups excluding tert-OH is 1. The van der Waals surface area contributed by atoms with E-state index < -0.39 is 8.41 Å². The third-order valence-electron chi connectivity index (χ3n) is 8.71. The monoisotopic (exact) mass is 615 g/mol. The van der Waals surface area contributed by atoms with E-state index in [0.29, 0.717) is 29.9 Å². The van der Waals surface area contributed by atoms with Crippen LogP contribution in [0.3, 0.4) is 0 Å². The molecular weight excluding hydrogens is 573 g/mol. The van der Waals surface area contributed by atoms with Crippen LogP contribution in [0.25, 0.3) is 0 Å². The highest BCUT2D eigenvalue weighted by Gasteiger charge is 2.50. The molecule has 4 N–H and O–H groups in total. The van der Waals surface area contributed by atoms with Gasteiger partial charge in [-0.05, 0) is 85.8 Å². The predicted octanol–water partition coefficient (Wildman–Crippen LogP) is 6.21. The fraction of sp³-hybridized carbons (Fsp3) is 0.382. The Balaban J connectivity index is 1.20. The number of nitrogens with one attached hydrogen (secondary N) is 1. The van der Waals surface area contributed by atoms with Gasteiger partial charge in [-0.2, -0.15) is 0 Å². The highest BCUT2D eigenvalue weighted by atomic mass is 28.4. The van der Waals surface area contributed by atoms with Gasteiger partial charge in [-0.25, -0.2) is 0 Å². The first-order chi connectivity index (χ1) is 21.1. The number of ether oxygens (including phenoxy) is 1. The molecular formula is C34H42FN5O3Si. The number of rotatable bonds is 12. The first kappa shape index (κ1) is 31.6. The summed E-state index contributed by atoms with van der Waals surface area (Å²) >= 11 is 0. The molecule has 5 rings (SSSR count). The van der Waals surface area contributed by atoms with Gasteiger partial charge in [0.2, 0.25) is 8.41 Å². The van der Waals surface area contributed by atoms with E-state index in [1.807, 2.05) is 60.8 Å². The van der Waals surface area contributed by atoms with Crippen LogP contribution in [0, 0.1) is 5.92 Å². The van der Waals surface area contributed by atoms with Gasteiger partial charge in [-0.3, -0.25) is 9.48 Å². The van der Waals surface area contributed by atoms with Crippen molar-refractivity contribution < 1.29 is 18.7 Å². The van der Waals surface area contributed by atoms with Crippen LogP contribution in [0.15, 0.2) is 85.1 Å². The smallest absolute Gasteiger partial charge is 0.255 e. The number of nitrogens with two attached hydrogens (primary N) is 1. The van der Waals surface area contributed by atoms with E-state index in [9.17, 15) is 9.90 Å². The Hall–Kier alpha value is -3.86. The predicted molar refractivity (Wildman–Crippen MR) is 174 cm³/mol. The molecule has 8 nitrogen and oxygen atoms in total. The van der Waals surface area contributed by atoms with Crippen LogP contribution in [0.4, 0.5) is 15.5 Å². The maximum Gasteiger partial charge on any atom is 0.255 e. The van der Waals surface area contributed by atoms with E-state index in [2.05, 4.69) is 22.6 Å². The fourth-order valence-corrected chi connectivity index (χ4v) is 9.09. The zero-order valence-corrected chi connectivity index (χ0v) is 26.6. The number of nitrogens with zero attached hydrogens (tertiary/aromatic N) is 3. The average Bonchev–Trinajstić information content (AvgIpc) is 3.60. The van der Waals surface area contributed by atoms with Crippen molar-refractivity contribution in [1.29, 1.82) is 0 Å². The molecule has 1 aliphatic rings. The van der Waals surface area contributed by atoms with Crippen molar-refractivity contribution in [3.8, 4) is 0 Å². The molecule has 5 atom stereocenters. The number of hydrogen-bond donors (Lipinski definition) is 3. The van der Waals surface area contributed by atoms with Crippen LogP contribution in [-0.4, -0.2) is 53.2 Å². The van der Waals surface area contributed by atoms with Crippen LogP contribution in [0.1, 0.15) is 52.9 Å². The summed E-state index contributed by atoms with van der Waals surface area (Å²) in [6, 6.07) is 24.4. The van der Waals surface area contributed by atoms with Crippen molar-refractivity contribution in [2.45, 2.75) is 69.5 Å². The summed E-state index contributed by atoms with van der Waals surface area (Å²) < 4.78 is 24.0. The lowest BCUT2D eigenvalue weighted by molar-refractivity contribution is 0.0247. The van der Waals surface area contributed by atoms with Crippen molar-refractivity contribution in [3.05, 3.63) is 107 Å². The lowest BCUT2D eigenvalue weighted by atomic mass is 9.95. The molecule has 232 valence electrons. The fourth-order valence-electron chi connectivity index (χ4n) is 6.50. The maximum absolute atomic E-state index is 15.7. The minimum absolute atomic E-state index is 0.0603. The number of benzene rings is 3. The molecule has 0 saturated carbocycles. The van der Waals surface area contributed by atoms with Crippen LogP contribution >= 0.6 is 0 Å². The number of anilines is 2. The molecule has 2 heterocycles. The van der Waals surface area contributed by atoms with E-state index in [0.717, 1.165) is 29.7 Å². The first-order valence-corrected chi connectivity index (χ1v) is 18.2. The number of aliphatic hydroxyl groups is 1. The van der Waals surface area contributed by atoms with Gasteiger partial charge in [0.15, 0.2) is 0 Å². The van der Waals surface area contributed by atoms with Crippen molar-refractivity contribution >= 4 is 25.7 Å². The van der Waals surface area contributed by atoms with Gasteiger partial charge in [0, 0.05) is 35.2 Å². The molecule has 3 aromatic carbocycles. The summed E-state index contributed by atoms with van der Waals surface area (Å²) in [4.78, 5) is 12.7. The van der Waals surface area contributed by atoms with Crippen molar-refractivity contribution in [2.24, 2.45) is 5.92 Å². The summed E-state index contributed by atoms with van der Waals surface area (Å²) in [5.74, 6) is -0.350. The second kappa shape index (κ2) is 13.8. The minimum Gasteiger partial charge on any atom is -0.399 e. The first-order valence-electron chi connectivity index (χ1n) is 15.3. The summed E-state index contributed by atoms with van der Waals surface area (Å²) in [6.07, 6.45) is 3.75. The normalized spacial score (nSPS) is 20.8. The Morgan fingerprint density at radius 1 is 1.07 bits per heavy atom. The van der Waals surface area contributed by atoms with E-state index in [4.69, 9.17) is 10.5 Å². The Bertz CT molecular complexity index is 1530. The van der Waals surface area contributed by atoms with Crippen molar-refractivity contribution in [2.75, 3.05) is 17.7 Å². The van der Waals surface area contributed by atoms with Crippen LogP contribution in [0.2, 0.25) is 18.6 Å². The van der Waals surface area contributed by atoms with Gasteiger partial charge < -0.3 is 25.0 Å². The van der Waals surface area contributed by atoms with E-state index in [1.165, 1.54) is 0 Å². The highest BCUT2D eigenvalue weighted by molar-refractivity contribution is 6.72. The molecule has 4 aromatic rings. The lowest BCUT2D eigenvalue weighted by Crippen LogP contribution is -2.36. The number of carbonyl (C=O) groups is 1. The van der Waals surface area contributed by atoms with Gasteiger partial charge in [0.1, 0.15) is 0 Å². The molecule has 1 unspecified atom stereocenters. The summed E-state index contributed by atoms with van der Waals surface area (Å²) in [5, 5.41) is 21.6. The molecule has 1 saturated heterocycles. The SMILES string of the molecule is C[C@@H]1[C@@H]([Si](C)(C)F)[C@H](CCn2cc(C(CO)c3ccccc3)nn2)O[C@@H]1CCc1cccc(NC(=O)c2ccc(N)cc2)c1. The van der Waals surface area contributed by atoms with Gasteiger partial charge in [-0.1, -0.05) is 54.6 Å². The number of carbonyl (C=O) groups excluding carboxylic acids is 1. The molecule has 10 heteroatoms. The Kier molecular flexibility index (Phi) is 9.92. The maximum atomic E-state index is 15.7. The third-order valence-corrected chi connectivity index (χ3v) is 11.2. The zero-order chi connectivity index (χ0) is 31.3. The quantitative estimate of drug-likeness (QED) is 0.0992. The third kappa shape index (κ3) is 7.61. The summed E-state index contributed by atoms with van der Waals surface area (Å²) in [5.41, 5.74) is 10.3. The molecule has 0 aliphatic carbocycles. The average molecular weight is 616 g/mol. The largest absolute Gasteiger partial charge is 0.399 e. The second-order valence-corrected chi connectivity index (χ2v) is 16.1. The number of nitrogen functional groups attached to an aromatic ring is 1. The standard InChI is InChI=1S/C34H42FN5O3Si/c1-23-31(17-12-24-8-7-11-28(20-24)37-34(42)26-13-15-27(36)16-14-26)43-32(33(23)44(2,3)35)18-19-40-21-30(38-39-40)29(22-41)25-9-5-4-6-10-25/h4-11,13-16,20-21,23,29,31-33,41H,12,17-19,22,36H2,1-3H3,(H,37,42)/t23-,29?,31+,32-,33+/m0/s1. The Morgan fingerprint density at radius 2 is 1.82 bits per heavy atom. The van der Waals surface area contributed by atoms with Gasteiger partial charge in [0.05, 0.1) is 30.4 Å². The van der Waals surface area contributed by atoms with Crippen molar-refractivity contribution in [3.63, 3.8) is 0 Å². The summed E-state index contributed by atoms with van der Waals surface area (Å²) in [6.45, 7) is 6.17. The molecule has 1 amide bonds. The molecule has 0 bridgehead atoms. The minimum atomic E-state index is -3.02. The summed E-state index contributed by atoms with van der Waals surface area (Å²) in [7, 11) is -3.02. The van der Waals surface area contributed by atoms with Crippen LogP contribution < -0.4 is 11.1 Å². The van der Waals surface area contributed by atoms with Gasteiger partial charge in [-0.15, -0.1) is 5.10 Å². The number of hydrogen-bond acceptors (Lipinski definition) is 6. The molecule has 1 fully saturated rings. The lowest BCUT2D eigenvalue weighted by Gasteiger charge is -2.28. The Labute approximate surface area is 259 Å². The molecule has 0 spiro atoms. The number of aromatic nitrogens is 3. The number of amides is 1. The Morgan fingerprint density at radius 3 is 2.52 bits per heavy atom. The van der Waals surface area contributed by atoms with Crippen molar-refractivity contribution in [1.82, 2.24) is 15.0 Å². The van der Waals surface area contributed by atoms with E-state index >= 15 is 4.11 Å². The number of halogens is 1. The van der Waals surface area contributed by atoms with Gasteiger partial charge in [0.25, 0.3) is 5.91 Å². The molecule has 0 radical (unpaired) electrons. The molecule has 44 heavy (non-hydrogen) atoms. The second-order valence-electron chi connectivity index (χ2n) is 12.3. The van der Waals surface area contributed by atoms with Crippen LogP contribution in [-0.2, 0) is 17.7 Å². The van der Waals surface area contributed by atoms with Crippen LogP contribution in [0.5, 0.6) is 0 Å². The molecule has 1 aliphatic heterocycles. The van der Waals surface area contributed by atoms with Gasteiger partial charge >= 0.3 is 0 Å².